The van der Waals surface area contributed by atoms with Crippen LogP contribution >= 0.6 is 0 Å². The van der Waals surface area contributed by atoms with Gasteiger partial charge in [-0.15, -0.1) is 0 Å². The molecule has 0 amide bonds. The van der Waals surface area contributed by atoms with Gasteiger partial charge in [-0.05, 0) is 48.9 Å². The standard InChI is InChI=1S/C22H25N3O3S/c1-15(2)17-10-12-18(13-11-17)29(26,27)25-14-6-9-20(25)22-23-21(24-28-22)19-8-5-4-7-16(19)3/h4-5,7-8,10-13,15,20H,6,9,14H2,1-3H3/t20-/m0/s1. The van der Waals surface area contributed by atoms with E-state index in [0.717, 1.165) is 23.1 Å². The smallest absolute Gasteiger partial charge is 0.245 e. The number of hydrogen-bond acceptors (Lipinski definition) is 5. The predicted octanol–water partition coefficient (Wildman–Crippen LogP) is 4.69. The van der Waals surface area contributed by atoms with Gasteiger partial charge >= 0.3 is 0 Å². The van der Waals surface area contributed by atoms with Gasteiger partial charge in [0.2, 0.25) is 21.7 Å². The maximum Gasteiger partial charge on any atom is 0.245 e. The molecule has 7 heteroatoms. The van der Waals surface area contributed by atoms with Crippen LogP contribution in [0.1, 0.15) is 55.7 Å². The third-order valence-electron chi connectivity index (χ3n) is 5.47. The van der Waals surface area contributed by atoms with E-state index in [4.69, 9.17) is 4.52 Å². The van der Waals surface area contributed by atoms with Gasteiger partial charge in [0.05, 0.1) is 4.90 Å². The lowest BCUT2D eigenvalue weighted by Crippen LogP contribution is -2.30. The molecular formula is C22H25N3O3S. The van der Waals surface area contributed by atoms with E-state index < -0.39 is 16.1 Å². The highest BCUT2D eigenvalue weighted by molar-refractivity contribution is 7.89. The van der Waals surface area contributed by atoms with Crippen molar-refractivity contribution in [3.63, 3.8) is 0 Å². The Kier molecular flexibility index (Phi) is 5.27. The van der Waals surface area contributed by atoms with E-state index in [1.165, 1.54) is 4.31 Å². The van der Waals surface area contributed by atoms with E-state index in [1.807, 2.05) is 43.3 Å². The molecule has 1 aliphatic heterocycles. The monoisotopic (exact) mass is 411 g/mol. The first kappa shape index (κ1) is 19.8. The van der Waals surface area contributed by atoms with Crippen LogP contribution in [0.5, 0.6) is 0 Å². The molecule has 0 bridgehead atoms. The first-order valence-corrected chi connectivity index (χ1v) is 11.3. The van der Waals surface area contributed by atoms with Crippen molar-refractivity contribution in [2.24, 2.45) is 0 Å². The Labute approximate surface area is 171 Å². The molecule has 2 aromatic carbocycles. The van der Waals surface area contributed by atoms with Crippen molar-refractivity contribution in [1.29, 1.82) is 0 Å². The summed E-state index contributed by atoms with van der Waals surface area (Å²) in [6.45, 7) is 6.60. The van der Waals surface area contributed by atoms with Gasteiger partial charge in [-0.25, -0.2) is 8.42 Å². The highest BCUT2D eigenvalue weighted by Gasteiger charge is 2.39. The summed E-state index contributed by atoms with van der Waals surface area (Å²) < 4.78 is 33.5. The minimum Gasteiger partial charge on any atom is -0.337 e. The summed E-state index contributed by atoms with van der Waals surface area (Å²) in [5.74, 6) is 1.19. The molecule has 1 fully saturated rings. The Morgan fingerprint density at radius 1 is 1.10 bits per heavy atom. The Morgan fingerprint density at radius 2 is 1.83 bits per heavy atom. The maximum atomic E-state index is 13.3. The van der Waals surface area contributed by atoms with Crippen LogP contribution in [0.25, 0.3) is 11.4 Å². The largest absolute Gasteiger partial charge is 0.337 e. The molecular weight excluding hydrogens is 386 g/mol. The molecule has 152 valence electrons. The molecule has 0 unspecified atom stereocenters. The van der Waals surface area contributed by atoms with Gasteiger partial charge < -0.3 is 4.52 Å². The third-order valence-corrected chi connectivity index (χ3v) is 7.39. The van der Waals surface area contributed by atoms with Crippen molar-refractivity contribution in [3.8, 4) is 11.4 Å². The van der Waals surface area contributed by atoms with E-state index in [9.17, 15) is 8.42 Å². The molecule has 3 aromatic rings. The number of rotatable bonds is 5. The number of benzene rings is 2. The zero-order valence-corrected chi connectivity index (χ0v) is 17.7. The Balaban J connectivity index is 1.63. The van der Waals surface area contributed by atoms with Crippen molar-refractivity contribution in [2.45, 2.75) is 50.5 Å². The van der Waals surface area contributed by atoms with Crippen LogP contribution in [0, 0.1) is 6.92 Å². The molecule has 0 radical (unpaired) electrons. The van der Waals surface area contributed by atoms with Crippen LogP contribution in [0.4, 0.5) is 0 Å². The van der Waals surface area contributed by atoms with Crippen LogP contribution in [0.3, 0.4) is 0 Å². The number of aryl methyl sites for hydroxylation is 1. The van der Waals surface area contributed by atoms with Crippen LogP contribution in [0.15, 0.2) is 57.9 Å². The summed E-state index contributed by atoms with van der Waals surface area (Å²) in [7, 11) is -3.64. The second-order valence-electron chi connectivity index (χ2n) is 7.77. The summed E-state index contributed by atoms with van der Waals surface area (Å²) in [5, 5.41) is 4.10. The van der Waals surface area contributed by atoms with Gasteiger partial charge in [-0.3, -0.25) is 0 Å². The molecule has 4 rings (SSSR count). The van der Waals surface area contributed by atoms with Crippen molar-refractivity contribution >= 4 is 10.0 Å². The van der Waals surface area contributed by atoms with Gasteiger partial charge in [0.25, 0.3) is 0 Å². The number of aromatic nitrogens is 2. The van der Waals surface area contributed by atoms with Crippen LogP contribution < -0.4 is 0 Å². The Bertz CT molecular complexity index is 1100. The van der Waals surface area contributed by atoms with Gasteiger partial charge in [0, 0.05) is 12.1 Å². The third kappa shape index (κ3) is 3.72. The minimum atomic E-state index is -3.64. The summed E-state index contributed by atoms with van der Waals surface area (Å²) in [4.78, 5) is 4.83. The highest BCUT2D eigenvalue weighted by atomic mass is 32.2. The second-order valence-corrected chi connectivity index (χ2v) is 9.66. The van der Waals surface area contributed by atoms with Crippen LogP contribution in [-0.2, 0) is 10.0 Å². The molecule has 0 saturated carbocycles. The van der Waals surface area contributed by atoms with E-state index in [-0.39, 0.29) is 0 Å². The lowest BCUT2D eigenvalue weighted by atomic mass is 10.0. The maximum absolute atomic E-state index is 13.3. The molecule has 29 heavy (non-hydrogen) atoms. The quantitative estimate of drug-likeness (QED) is 0.608. The molecule has 0 spiro atoms. The Morgan fingerprint density at radius 3 is 2.52 bits per heavy atom. The van der Waals surface area contributed by atoms with E-state index >= 15 is 0 Å². The fraction of sp³-hybridized carbons (Fsp3) is 0.364. The van der Waals surface area contributed by atoms with E-state index in [1.54, 1.807) is 12.1 Å². The fourth-order valence-electron chi connectivity index (χ4n) is 3.74. The van der Waals surface area contributed by atoms with E-state index in [0.29, 0.717) is 35.5 Å². The minimum absolute atomic E-state index is 0.299. The average molecular weight is 412 g/mol. The molecule has 1 aromatic heterocycles. The number of hydrogen-bond donors (Lipinski definition) is 0. The topological polar surface area (TPSA) is 76.3 Å². The number of nitrogens with zero attached hydrogens (tertiary/aromatic N) is 3. The average Bonchev–Trinajstić information content (AvgIpc) is 3.38. The van der Waals surface area contributed by atoms with Gasteiger partial charge in [0.15, 0.2) is 0 Å². The lowest BCUT2D eigenvalue weighted by molar-refractivity contribution is 0.290. The lowest BCUT2D eigenvalue weighted by Gasteiger charge is -2.21. The molecule has 1 atom stereocenters. The van der Waals surface area contributed by atoms with Crippen molar-refractivity contribution in [1.82, 2.24) is 14.4 Å². The molecule has 1 saturated heterocycles. The molecule has 2 heterocycles. The summed E-state index contributed by atoms with van der Waals surface area (Å²) in [6, 6.07) is 14.5. The van der Waals surface area contributed by atoms with Gasteiger partial charge in [-0.2, -0.15) is 9.29 Å². The zero-order valence-electron chi connectivity index (χ0n) is 16.9. The van der Waals surface area contributed by atoms with Gasteiger partial charge in [-0.1, -0.05) is 55.4 Å². The zero-order chi connectivity index (χ0) is 20.6. The van der Waals surface area contributed by atoms with E-state index in [2.05, 4.69) is 24.0 Å². The molecule has 1 aliphatic rings. The normalized spacial score (nSPS) is 17.9. The van der Waals surface area contributed by atoms with Crippen molar-refractivity contribution in [3.05, 3.63) is 65.5 Å². The van der Waals surface area contributed by atoms with Crippen LogP contribution in [0.2, 0.25) is 0 Å². The van der Waals surface area contributed by atoms with Crippen molar-refractivity contribution in [2.75, 3.05) is 6.54 Å². The summed E-state index contributed by atoms with van der Waals surface area (Å²) >= 11 is 0. The molecule has 0 N–H and O–H groups in total. The number of sulfonamides is 1. The highest BCUT2D eigenvalue weighted by Crippen LogP contribution is 2.37. The first-order valence-electron chi connectivity index (χ1n) is 9.89. The second kappa shape index (κ2) is 7.72. The van der Waals surface area contributed by atoms with Crippen molar-refractivity contribution < 1.29 is 12.9 Å². The van der Waals surface area contributed by atoms with Crippen LogP contribution in [-0.4, -0.2) is 29.4 Å². The predicted molar refractivity (Wildman–Crippen MR) is 111 cm³/mol. The Hall–Kier alpha value is -2.51. The molecule has 6 nitrogen and oxygen atoms in total. The summed E-state index contributed by atoms with van der Waals surface area (Å²) in [6.07, 6.45) is 1.43. The SMILES string of the molecule is Cc1ccccc1-c1noc([C@@H]2CCCN2S(=O)(=O)c2ccc(C(C)C)cc2)n1. The molecule has 0 aliphatic carbocycles. The van der Waals surface area contributed by atoms with Gasteiger partial charge in [0.1, 0.15) is 6.04 Å². The fourth-order valence-corrected chi connectivity index (χ4v) is 5.39. The first-order chi connectivity index (χ1) is 13.9. The summed E-state index contributed by atoms with van der Waals surface area (Å²) in [5.41, 5.74) is 3.04.